The highest BCUT2D eigenvalue weighted by atomic mass is 16.6. The van der Waals surface area contributed by atoms with Crippen LogP contribution in [-0.2, 0) is 4.74 Å². The summed E-state index contributed by atoms with van der Waals surface area (Å²) >= 11 is 0. The number of nitrogens with zero attached hydrogens (tertiary/aromatic N) is 2. The van der Waals surface area contributed by atoms with Gasteiger partial charge in [-0.05, 0) is 33.9 Å². The topological polar surface area (TPSA) is 54.5 Å². The molecule has 0 radical (unpaired) electrons. The van der Waals surface area contributed by atoms with Crippen LogP contribution in [0.15, 0.2) is 73.1 Å². The van der Waals surface area contributed by atoms with Gasteiger partial charge in [0.1, 0.15) is 6.61 Å². The molecule has 2 aromatic carbocycles. The molecule has 1 unspecified atom stereocenters. The van der Waals surface area contributed by atoms with Crippen LogP contribution in [0.2, 0.25) is 0 Å². The second kappa shape index (κ2) is 7.68. The van der Waals surface area contributed by atoms with Gasteiger partial charge in [-0.15, -0.1) is 0 Å². The highest BCUT2D eigenvalue weighted by Gasteiger charge is 2.32. The number of carbonyl (C=O) groups is 1. The first-order chi connectivity index (χ1) is 14.3. The van der Waals surface area contributed by atoms with Crippen LogP contribution in [0.4, 0.5) is 4.79 Å². The predicted molar refractivity (Wildman–Crippen MR) is 112 cm³/mol. The third-order valence-corrected chi connectivity index (χ3v) is 5.88. The lowest BCUT2D eigenvalue weighted by Crippen LogP contribution is -2.49. The molecule has 2 heterocycles. The third-order valence-electron chi connectivity index (χ3n) is 5.88. The van der Waals surface area contributed by atoms with Gasteiger partial charge < -0.3 is 10.1 Å². The van der Waals surface area contributed by atoms with E-state index < -0.39 is 0 Å². The van der Waals surface area contributed by atoms with Gasteiger partial charge in [0.05, 0.1) is 6.04 Å². The number of rotatable bonds is 3. The molecule has 1 amide bonds. The van der Waals surface area contributed by atoms with Crippen molar-refractivity contribution in [1.82, 2.24) is 15.2 Å². The molecule has 5 heteroatoms. The van der Waals surface area contributed by atoms with E-state index >= 15 is 0 Å². The fourth-order valence-corrected chi connectivity index (χ4v) is 4.47. The fraction of sp³-hybridized carbons (Fsp3) is 0.250. The van der Waals surface area contributed by atoms with Crippen LogP contribution in [0.3, 0.4) is 0 Å². The van der Waals surface area contributed by atoms with E-state index in [9.17, 15) is 4.79 Å². The second-order valence-corrected chi connectivity index (χ2v) is 7.50. The molecule has 0 bridgehead atoms. The Hall–Kier alpha value is -3.18. The lowest BCUT2D eigenvalue weighted by Gasteiger charge is -2.35. The normalized spacial score (nSPS) is 18.2. The van der Waals surface area contributed by atoms with Gasteiger partial charge in [-0.1, -0.05) is 54.6 Å². The summed E-state index contributed by atoms with van der Waals surface area (Å²) in [7, 11) is 0. The van der Waals surface area contributed by atoms with E-state index in [1.165, 1.54) is 22.3 Å². The molecule has 5 rings (SSSR count). The summed E-state index contributed by atoms with van der Waals surface area (Å²) in [5, 5.41) is 3.36. The number of aromatic nitrogens is 1. The van der Waals surface area contributed by atoms with E-state index in [0.29, 0.717) is 19.7 Å². The van der Waals surface area contributed by atoms with Crippen molar-refractivity contribution in [3.63, 3.8) is 0 Å². The predicted octanol–water partition coefficient (Wildman–Crippen LogP) is 3.98. The quantitative estimate of drug-likeness (QED) is 0.741. The smallest absolute Gasteiger partial charge is 0.410 e. The SMILES string of the molecule is O=C(OCC1c2ccccc2-c2ccccc21)N1CCNCC1c1cccnc1. The van der Waals surface area contributed by atoms with Crippen molar-refractivity contribution >= 4 is 6.09 Å². The Morgan fingerprint density at radius 2 is 1.76 bits per heavy atom. The van der Waals surface area contributed by atoms with Gasteiger partial charge in [-0.25, -0.2) is 4.79 Å². The highest BCUT2D eigenvalue weighted by Crippen LogP contribution is 2.44. The van der Waals surface area contributed by atoms with E-state index in [4.69, 9.17) is 4.74 Å². The standard InChI is InChI=1S/C24H23N3O2/c28-24(27-13-12-26-15-23(27)17-6-5-11-25-14-17)29-16-22-20-9-3-1-7-18(20)19-8-2-4-10-21(19)22/h1-11,14,22-23,26H,12-13,15-16H2. The van der Waals surface area contributed by atoms with Gasteiger partial charge in [-0.3, -0.25) is 9.88 Å². The van der Waals surface area contributed by atoms with Gasteiger partial charge in [0.25, 0.3) is 0 Å². The number of amides is 1. The molecular weight excluding hydrogens is 362 g/mol. The van der Waals surface area contributed by atoms with Crippen LogP contribution >= 0.6 is 0 Å². The average molecular weight is 385 g/mol. The summed E-state index contributed by atoms with van der Waals surface area (Å²) in [6.45, 7) is 2.43. The molecule has 2 aliphatic rings. The van der Waals surface area contributed by atoms with E-state index in [0.717, 1.165) is 12.1 Å². The van der Waals surface area contributed by atoms with Crippen LogP contribution in [0, 0.1) is 0 Å². The molecule has 1 fully saturated rings. The largest absolute Gasteiger partial charge is 0.448 e. The van der Waals surface area contributed by atoms with Crippen LogP contribution in [0.5, 0.6) is 0 Å². The zero-order valence-corrected chi connectivity index (χ0v) is 16.1. The molecule has 1 atom stereocenters. The van der Waals surface area contributed by atoms with Crippen molar-refractivity contribution in [3.8, 4) is 11.1 Å². The third kappa shape index (κ3) is 3.28. The summed E-state index contributed by atoms with van der Waals surface area (Å²) < 4.78 is 5.87. The van der Waals surface area contributed by atoms with Crippen molar-refractivity contribution in [2.75, 3.05) is 26.2 Å². The van der Waals surface area contributed by atoms with Crippen LogP contribution in [0.1, 0.15) is 28.7 Å². The van der Waals surface area contributed by atoms with Gasteiger partial charge in [0.15, 0.2) is 0 Å². The summed E-state index contributed by atoms with van der Waals surface area (Å²) in [5.41, 5.74) is 5.95. The zero-order chi connectivity index (χ0) is 19.6. The monoisotopic (exact) mass is 385 g/mol. The number of piperazine rings is 1. The summed E-state index contributed by atoms with van der Waals surface area (Å²) in [5.74, 6) is 0.0751. The van der Waals surface area contributed by atoms with Crippen LogP contribution in [-0.4, -0.2) is 42.2 Å². The first-order valence-corrected chi connectivity index (χ1v) is 10.0. The maximum atomic E-state index is 13.0. The lowest BCUT2D eigenvalue weighted by atomic mass is 9.98. The van der Waals surface area contributed by atoms with E-state index in [1.54, 1.807) is 6.20 Å². The first kappa shape index (κ1) is 17.9. The van der Waals surface area contributed by atoms with Gasteiger partial charge in [0, 0.05) is 37.9 Å². The Kier molecular flexibility index (Phi) is 4.74. The highest BCUT2D eigenvalue weighted by molar-refractivity contribution is 5.79. The molecule has 146 valence electrons. The van der Waals surface area contributed by atoms with Gasteiger partial charge in [0.2, 0.25) is 0 Å². The Morgan fingerprint density at radius 3 is 2.45 bits per heavy atom. The molecular formula is C24H23N3O2. The van der Waals surface area contributed by atoms with Gasteiger partial charge in [-0.2, -0.15) is 0 Å². The Morgan fingerprint density at radius 1 is 1.03 bits per heavy atom. The molecule has 29 heavy (non-hydrogen) atoms. The van der Waals surface area contributed by atoms with Gasteiger partial charge >= 0.3 is 6.09 Å². The number of ether oxygens (including phenoxy) is 1. The van der Waals surface area contributed by atoms with E-state index in [2.05, 4.69) is 46.7 Å². The summed E-state index contributed by atoms with van der Waals surface area (Å²) in [6, 6.07) is 20.6. The average Bonchev–Trinajstić information content (AvgIpc) is 3.12. The fourth-order valence-electron chi connectivity index (χ4n) is 4.47. The minimum atomic E-state index is -0.262. The van der Waals surface area contributed by atoms with Crippen molar-refractivity contribution in [3.05, 3.63) is 89.7 Å². The molecule has 1 aliphatic heterocycles. The first-order valence-electron chi connectivity index (χ1n) is 10.0. The number of benzene rings is 2. The Labute approximate surface area is 170 Å². The van der Waals surface area contributed by atoms with Crippen molar-refractivity contribution in [2.24, 2.45) is 0 Å². The van der Waals surface area contributed by atoms with E-state index in [-0.39, 0.29) is 18.1 Å². The number of hydrogen-bond acceptors (Lipinski definition) is 4. The van der Waals surface area contributed by atoms with E-state index in [1.807, 2.05) is 35.4 Å². The maximum absolute atomic E-state index is 13.0. The molecule has 1 N–H and O–H groups in total. The minimum absolute atomic E-state index is 0.0619. The molecule has 1 aromatic heterocycles. The maximum Gasteiger partial charge on any atom is 0.410 e. The van der Waals surface area contributed by atoms with Crippen LogP contribution in [0.25, 0.3) is 11.1 Å². The molecule has 0 spiro atoms. The number of fused-ring (bicyclic) bond motifs is 3. The van der Waals surface area contributed by atoms with Crippen LogP contribution < -0.4 is 5.32 Å². The lowest BCUT2D eigenvalue weighted by molar-refractivity contribution is 0.0752. The number of nitrogens with one attached hydrogen (secondary N) is 1. The molecule has 3 aromatic rings. The minimum Gasteiger partial charge on any atom is -0.448 e. The summed E-state index contributed by atoms with van der Waals surface area (Å²) in [6.07, 6.45) is 3.31. The van der Waals surface area contributed by atoms with Crippen molar-refractivity contribution < 1.29 is 9.53 Å². The molecule has 5 nitrogen and oxygen atoms in total. The second-order valence-electron chi connectivity index (χ2n) is 7.50. The Bertz CT molecular complexity index is 976. The van der Waals surface area contributed by atoms with Crippen molar-refractivity contribution in [2.45, 2.75) is 12.0 Å². The molecule has 1 aliphatic carbocycles. The zero-order valence-electron chi connectivity index (χ0n) is 16.1. The molecule has 0 saturated carbocycles. The summed E-state index contributed by atoms with van der Waals surface area (Å²) in [4.78, 5) is 19.0. The number of pyridine rings is 1. The number of carbonyl (C=O) groups excluding carboxylic acids is 1. The Balaban J connectivity index is 1.35. The molecule has 1 saturated heterocycles. The number of hydrogen-bond donors (Lipinski definition) is 1. The van der Waals surface area contributed by atoms with Crippen molar-refractivity contribution in [1.29, 1.82) is 0 Å².